The maximum atomic E-state index is 10.4. The smallest absolute Gasteiger partial charge is 0.317 e. The van der Waals surface area contributed by atoms with Gasteiger partial charge in [0, 0.05) is 12.2 Å². The molecule has 0 heterocycles. The highest BCUT2D eigenvalue weighted by molar-refractivity contribution is 7.95. The van der Waals surface area contributed by atoms with Crippen LogP contribution < -0.4 is 0 Å². The van der Waals surface area contributed by atoms with Gasteiger partial charge in [-0.25, -0.2) is 0 Å². The van der Waals surface area contributed by atoms with Crippen LogP contribution in [0.3, 0.4) is 0 Å². The Balaban J connectivity index is 3.06. The topological polar surface area (TPSA) is 26.3 Å². The van der Waals surface area contributed by atoms with Crippen molar-refractivity contribution >= 4 is 18.0 Å². The molecule has 0 atom stereocenters. The van der Waals surface area contributed by atoms with Crippen molar-refractivity contribution in [3.8, 4) is 0 Å². The molecular formula is C6H10O2S. The van der Waals surface area contributed by atoms with Gasteiger partial charge in [-0.05, 0) is 0 Å². The number of hydrogen-bond donors (Lipinski definition) is 0. The summed E-state index contributed by atoms with van der Waals surface area (Å²) >= 11 is 1.12. The molecule has 0 aliphatic carbocycles. The Labute approximate surface area is 59.5 Å². The quantitative estimate of drug-likeness (QED) is 0.343. The molecule has 52 valence electrons. The number of carbonyl (C=O) groups is 1. The molecule has 0 unspecified atom stereocenters. The summed E-state index contributed by atoms with van der Waals surface area (Å²) in [6.07, 6.45) is 2.12. The predicted octanol–water partition coefficient (Wildman–Crippen LogP) is 1.77. The first kappa shape index (κ1) is 8.56. The van der Waals surface area contributed by atoms with Crippen LogP contribution in [0.1, 0.15) is 13.3 Å². The molecule has 0 aliphatic rings. The molecule has 0 aromatic rings. The normalized spacial score (nSPS) is 8.56. The maximum Gasteiger partial charge on any atom is 0.317 e. The van der Waals surface area contributed by atoms with Crippen LogP contribution in [0, 0.1) is 0 Å². The van der Waals surface area contributed by atoms with Crippen molar-refractivity contribution in [1.29, 1.82) is 0 Å². The van der Waals surface area contributed by atoms with Crippen molar-refractivity contribution in [3.05, 3.63) is 12.7 Å². The lowest BCUT2D eigenvalue weighted by molar-refractivity contribution is -0.132. The Bertz CT molecular complexity index is 101. The van der Waals surface area contributed by atoms with E-state index in [1.165, 1.54) is 0 Å². The van der Waals surface area contributed by atoms with Gasteiger partial charge in [0.1, 0.15) is 0 Å². The second kappa shape index (κ2) is 5.69. The number of rotatable bonds is 4. The van der Waals surface area contributed by atoms with E-state index >= 15 is 0 Å². The fourth-order valence-corrected chi connectivity index (χ4v) is 0.620. The molecular weight excluding hydrogens is 136 g/mol. The molecule has 0 radical (unpaired) electrons. The van der Waals surface area contributed by atoms with Crippen molar-refractivity contribution < 1.29 is 8.98 Å². The van der Waals surface area contributed by atoms with Crippen LogP contribution in [-0.2, 0) is 8.98 Å². The first-order chi connectivity index (χ1) is 4.31. The van der Waals surface area contributed by atoms with Gasteiger partial charge in [0.15, 0.2) is 0 Å². The highest BCUT2D eigenvalue weighted by Gasteiger charge is 1.95. The van der Waals surface area contributed by atoms with E-state index in [-0.39, 0.29) is 5.97 Å². The average Bonchev–Trinajstić information content (AvgIpc) is 1.89. The van der Waals surface area contributed by atoms with Gasteiger partial charge in [0.2, 0.25) is 0 Å². The van der Waals surface area contributed by atoms with Crippen LogP contribution in [0.15, 0.2) is 12.7 Å². The van der Waals surface area contributed by atoms with Crippen LogP contribution in [0.5, 0.6) is 0 Å². The van der Waals surface area contributed by atoms with Crippen molar-refractivity contribution in [2.45, 2.75) is 13.3 Å². The van der Waals surface area contributed by atoms with Gasteiger partial charge in [-0.2, -0.15) is 0 Å². The molecule has 0 aliphatic heterocycles. The van der Waals surface area contributed by atoms with E-state index in [2.05, 4.69) is 10.8 Å². The third-order valence-electron chi connectivity index (χ3n) is 0.626. The molecule has 0 aromatic carbocycles. The second-order valence-corrected chi connectivity index (χ2v) is 2.12. The lowest BCUT2D eigenvalue weighted by Gasteiger charge is -1.95. The van der Waals surface area contributed by atoms with Gasteiger partial charge in [-0.3, -0.25) is 4.79 Å². The van der Waals surface area contributed by atoms with Crippen LogP contribution in [0.4, 0.5) is 0 Å². The Morgan fingerprint density at radius 3 is 3.00 bits per heavy atom. The zero-order chi connectivity index (χ0) is 7.11. The fourth-order valence-electron chi connectivity index (χ4n) is 0.207. The van der Waals surface area contributed by atoms with Crippen LogP contribution in [-0.4, -0.2) is 11.7 Å². The van der Waals surface area contributed by atoms with Gasteiger partial charge >= 0.3 is 5.97 Å². The standard InChI is InChI=1S/C6H10O2S/c1-3-5-9-8-6(7)4-2/h3H,1,4-5H2,2H3. The monoisotopic (exact) mass is 146 g/mol. The van der Waals surface area contributed by atoms with Gasteiger partial charge in [-0.15, -0.1) is 6.58 Å². The van der Waals surface area contributed by atoms with Crippen molar-refractivity contribution in [2.24, 2.45) is 0 Å². The lowest BCUT2D eigenvalue weighted by atomic mass is 10.5. The van der Waals surface area contributed by atoms with E-state index in [1.807, 2.05) is 0 Å². The fraction of sp³-hybridized carbons (Fsp3) is 0.500. The van der Waals surface area contributed by atoms with E-state index < -0.39 is 0 Å². The van der Waals surface area contributed by atoms with Gasteiger partial charge < -0.3 is 4.18 Å². The van der Waals surface area contributed by atoms with Gasteiger partial charge in [0.25, 0.3) is 0 Å². The minimum absolute atomic E-state index is 0.179. The molecule has 0 saturated heterocycles. The van der Waals surface area contributed by atoms with E-state index in [0.29, 0.717) is 12.2 Å². The van der Waals surface area contributed by atoms with E-state index in [4.69, 9.17) is 0 Å². The van der Waals surface area contributed by atoms with Crippen LogP contribution in [0.25, 0.3) is 0 Å². The van der Waals surface area contributed by atoms with Gasteiger partial charge in [-0.1, -0.05) is 13.0 Å². The molecule has 2 nitrogen and oxygen atoms in total. The van der Waals surface area contributed by atoms with Crippen molar-refractivity contribution in [3.63, 3.8) is 0 Å². The predicted molar refractivity (Wildman–Crippen MR) is 39.0 cm³/mol. The second-order valence-electron chi connectivity index (χ2n) is 1.38. The lowest BCUT2D eigenvalue weighted by Crippen LogP contribution is -1.94. The third kappa shape index (κ3) is 5.43. The van der Waals surface area contributed by atoms with Crippen LogP contribution in [0.2, 0.25) is 0 Å². The first-order valence-corrected chi connectivity index (χ1v) is 3.65. The summed E-state index contributed by atoms with van der Waals surface area (Å²) in [5.41, 5.74) is 0. The van der Waals surface area contributed by atoms with E-state index in [1.54, 1.807) is 13.0 Å². The zero-order valence-corrected chi connectivity index (χ0v) is 6.24. The Kier molecular flexibility index (Phi) is 5.41. The maximum absolute atomic E-state index is 10.4. The zero-order valence-electron chi connectivity index (χ0n) is 5.42. The Hall–Kier alpha value is -0.440. The molecule has 0 spiro atoms. The Morgan fingerprint density at radius 2 is 2.56 bits per heavy atom. The summed E-state index contributed by atoms with van der Waals surface area (Å²) in [7, 11) is 0. The highest BCUT2D eigenvalue weighted by atomic mass is 32.2. The minimum Gasteiger partial charge on any atom is -0.391 e. The SMILES string of the molecule is C=CCSOC(=O)CC. The third-order valence-corrected chi connectivity index (χ3v) is 1.30. The molecule has 0 N–H and O–H groups in total. The van der Waals surface area contributed by atoms with Crippen molar-refractivity contribution in [1.82, 2.24) is 0 Å². The molecule has 0 amide bonds. The number of carbonyl (C=O) groups excluding carboxylic acids is 1. The Morgan fingerprint density at radius 1 is 1.89 bits per heavy atom. The minimum atomic E-state index is -0.179. The molecule has 0 aromatic heterocycles. The first-order valence-electron chi connectivity index (χ1n) is 2.74. The van der Waals surface area contributed by atoms with Gasteiger partial charge in [0.05, 0.1) is 12.0 Å². The summed E-state index contributed by atoms with van der Waals surface area (Å²) in [5, 5.41) is 0. The summed E-state index contributed by atoms with van der Waals surface area (Å²) in [6, 6.07) is 0. The summed E-state index contributed by atoms with van der Waals surface area (Å²) in [5.74, 6) is 0.480. The summed E-state index contributed by atoms with van der Waals surface area (Å²) in [4.78, 5) is 10.4. The van der Waals surface area contributed by atoms with E-state index in [9.17, 15) is 4.79 Å². The largest absolute Gasteiger partial charge is 0.391 e. The molecule has 3 heteroatoms. The molecule has 0 rings (SSSR count). The molecule has 0 bridgehead atoms. The molecule has 9 heavy (non-hydrogen) atoms. The average molecular weight is 146 g/mol. The van der Waals surface area contributed by atoms with Crippen LogP contribution >= 0.6 is 12.0 Å². The number of hydrogen-bond acceptors (Lipinski definition) is 3. The molecule has 0 fully saturated rings. The molecule has 0 saturated carbocycles. The summed E-state index contributed by atoms with van der Waals surface area (Å²) < 4.78 is 4.64. The highest BCUT2D eigenvalue weighted by Crippen LogP contribution is 2.03. The summed E-state index contributed by atoms with van der Waals surface area (Å²) in [6.45, 7) is 5.23. The van der Waals surface area contributed by atoms with E-state index in [0.717, 1.165) is 12.0 Å². The van der Waals surface area contributed by atoms with Crippen molar-refractivity contribution in [2.75, 3.05) is 5.75 Å².